The van der Waals surface area contributed by atoms with Gasteiger partial charge in [-0.3, -0.25) is 0 Å². The van der Waals surface area contributed by atoms with E-state index >= 15 is 0 Å². The van der Waals surface area contributed by atoms with E-state index in [0.29, 0.717) is 0 Å². The third kappa shape index (κ3) is 5.40. The molecule has 0 saturated carbocycles. The Morgan fingerprint density at radius 2 is 2.29 bits per heavy atom. The average Bonchev–Trinajstić information content (AvgIpc) is 2.99. The van der Waals surface area contributed by atoms with Crippen molar-refractivity contribution in [3.8, 4) is 5.75 Å². The summed E-state index contributed by atoms with van der Waals surface area (Å²) in [5.41, 5.74) is 1.11. The number of halogens is 1. The van der Waals surface area contributed by atoms with Crippen molar-refractivity contribution in [1.82, 2.24) is 14.9 Å². The van der Waals surface area contributed by atoms with Gasteiger partial charge in [0.15, 0.2) is 0 Å². The molecule has 1 heterocycles. The quantitative estimate of drug-likeness (QED) is 0.721. The molecular weight excluding hydrogens is 286 g/mol. The van der Waals surface area contributed by atoms with Crippen molar-refractivity contribution in [2.24, 2.45) is 0 Å². The maximum Gasteiger partial charge on any atom is 0.123 e. The lowest BCUT2D eigenvalue weighted by molar-refractivity contribution is 0.313. The number of aryl methyl sites for hydroxylation is 1. The minimum atomic E-state index is 0.731. The van der Waals surface area contributed by atoms with Crippen molar-refractivity contribution < 1.29 is 4.74 Å². The van der Waals surface area contributed by atoms with E-state index < -0.39 is 0 Å². The highest BCUT2D eigenvalue weighted by atomic mass is 35.5. The Kier molecular flexibility index (Phi) is 6.57. The first-order valence-electron chi connectivity index (χ1n) is 7.37. The maximum atomic E-state index is 6.06. The van der Waals surface area contributed by atoms with Crippen molar-refractivity contribution in [3.05, 3.63) is 47.5 Å². The molecule has 0 aliphatic rings. The second kappa shape index (κ2) is 8.70. The lowest BCUT2D eigenvalue weighted by atomic mass is 10.2. The first-order valence-corrected chi connectivity index (χ1v) is 7.75. The van der Waals surface area contributed by atoms with Gasteiger partial charge < -0.3 is 14.6 Å². The van der Waals surface area contributed by atoms with Crippen LogP contribution in [0.4, 0.5) is 0 Å². The summed E-state index contributed by atoms with van der Waals surface area (Å²) < 4.78 is 7.83. The number of nitrogens with zero attached hydrogens (tertiary/aromatic N) is 2. The zero-order chi connectivity index (χ0) is 14.9. The van der Waals surface area contributed by atoms with Gasteiger partial charge in [0.1, 0.15) is 5.75 Å². The van der Waals surface area contributed by atoms with E-state index in [9.17, 15) is 0 Å². The molecule has 0 atom stereocenters. The van der Waals surface area contributed by atoms with Gasteiger partial charge in [0.05, 0.1) is 12.9 Å². The van der Waals surface area contributed by atoms with Crippen molar-refractivity contribution in [2.45, 2.75) is 32.9 Å². The van der Waals surface area contributed by atoms with Gasteiger partial charge in [-0.05, 0) is 37.6 Å². The van der Waals surface area contributed by atoms with Gasteiger partial charge in [0.2, 0.25) is 0 Å². The summed E-state index contributed by atoms with van der Waals surface area (Å²) >= 11 is 6.06. The Hall–Kier alpha value is -1.52. The molecule has 1 aromatic heterocycles. The largest absolute Gasteiger partial charge is 0.493 e. The van der Waals surface area contributed by atoms with E-state index in [2.05, 4.69) is 21.8 Å². The molecule has 4 nitrogen and oxygen atoms in total. The van der Waals surface area contributed by atoms with Crippen LogP contribution in [0.25, 0.3) is 0 Å². The lowest BCUT2D eigenvalue weighted by Crippen LogP contribution is -2.17. The third-order valence-electron chi connectivity index (χ3n) is 3.13. The fraction of sp³-hybridized carbons (Fsp3) is 0.438. The normalized spacial score (nSPS) is 10.8. The molecule has 0 spiro atoms. The van der Waals surface area contributed by atoms with Crippen LogP contribution in [0.1, 0.15) is 25.3 Å². The summed E-state index contributed by atoms with van der Waals surface area (Å²) in [5, 5.41) is 4.18. The van der Waals surface area contributed by atoms with E-state index in [-0.39, 0.29) is 0 Å². The van der Waals surface area contributed by atoms with Crippen LogP contribution in [-0.2, 0) is 13.1 Å². The number of benzene rings is 1. The molecule has 0 aliphatic heterocycles. The van der Waals surface area contributed by atoms with Gasteiger partial charge in [-0.2, -0.15) is 0 Å². The summed E-state index contributed by atoms with van der Waals surface area (Å²) in [6.07, 6.45) is 7.68. The molecule has 0 bridgehead atoms. The van der Waals surface area contributed by atoms with Gasteiger partial charge in [0, 0.05) is 36.1 Å². The zero-order valence-electron chi connectivity index (χ0n) is 12.4. The molecule has 1 N–H and O–H groups in total. The van der Waals surface area contributed by atoms with Gasteiger partial charge in [-0.1, -0.05) is 18.5 Å². The number of rotatable bonds is 9. The molecule has 0 aliphatic carbocycles. The minimum Gasteiger partial charge on any atom is -0.493 e. The van der Waals surface area contributed by atoms with E-state index in [4.69, 9.17) is 16.3 Å². The Bertz CT molecular complexity index is 528. The van der Waals surface area contributed by atoms with Gasteiger partial charge in [-0.15, -0.1) is 0 Å². The average molecular weight is 308 g/mol. The molecule has 21 heavy (non-hydrogen) atoms. The second-order valence-corrected chi connectivity index (χ2v) is 5.37. The summed E-state index contributed by atoms with van der Waals surface area (Å²) in [4.78, 5) is 4.03. The number of ether oxygens (including phenoxy) is 1. The first kappa shape index (κ1) is 15.9. The third-order valence-corrected chi connectivity index (χ3v) is 3.36. The Labute approximate surface area is 131 Å². The first-order chi connectivity index (χ1) is 10.3. The van der Waals surface area contributed by atoms with E-state index in [1.54, 1.807) is 6.20 Å². The van der Waals surface area contributed by atoms with E-state index in [1.807, 2.05) is 30.7 Å². The molecule has 0 unspecified atom stereocenters. The Morgan fingerprint density at radius 1 is 1.38 bits per heavy atom. The summed E-state index contributed by atoms with van der Waals surface area (Å²) in [6.45, 7) is 5.52. The maximum absolute atomic E-state index is 6.06. The highest BCUT2D eigenvalue weighted by molar-refractivity contribution is 6.30. The van der Waals surface area contributed by atoms with Crippen molar-refractivity contribution >= 4 is 11.6 Å². The van der Waals surface area contributed by atoms with Gasteiger partial charge >= 0.3 is 0 Å². The fourth-order valence-electron chi connectivity index (χ4n) is 2.07. The smallest absolute Gasteiger partial charge is 0.123 e. The molecule has 1 aromatic carbocycles. The van der Waals surface area contributed by atoms with Crippen LogP contribution >= 0.6 is 11.6 Å². The number of aromatic nitrogens is 2. The number of nitrogens with one attached hydrogen (secondary N) is 1. The van der Waals surface area contributed by atoms with E-state index in [1.165, 1.54) is 0 Å². The van der Waals surface area contributed by atoms with Crippen LogP contribution < -0.4 is 10.1 Å². The van der Waals surface area contributed by atoms with Crippen molar-refractivity contribution in [3.63, 3.8) is 0 Å². The van der Waals surface area contributed by atoms with Crippen LogP contribution in [0, 0.1) is 0 Å². The van der Waals surface area contributed by atoms with Crippen LogP contribution in [-0.4, -0.2) is 22.7 Å². The highest BCUT2D eigenvalue weighted by Crippen LogP contribution is 2.23. The molecular formula is C16H22ClN3O. The minimum absolute atomic E-state index is 0.731. The van der Waals surface area contributed by atoms with Crippen molar-refractivity contribution in [2.75, 3.05) is 13.2 Å². The summed E-state index contributed by atoms with van der Waals surface area (Å²) in [5.74, 6) is 0.920. The summed E-state index contributed by atoms with van der Waals surface area (Å²) in [6, 6.07) is 5.78. The molecule has 0 radical (unpaired) electrons. The second-order valence-electron chi connectivity index (χ2n) is 4.93. The monoisotopic (exact) mass is 307 g/mol. The molecule has 0 saturated heterocycles. The molecule has 114 valence electrons. The molecule has 0 fully saturated rings. The van der Waals surface area contributed by atoms with Crippen LogP contribution in [0.2, 0.25) is 5.02 Å². The Balaban J connectivity index is 1.77. The zero-order valence-corrected chi connectivity index (χ0v) is 13.1. The van der Waals surface area contributed by atoms with Crippen molar-refractivity contribution in [1.29, 1.82) is 0 Å². The SMILES string of the molecule is CCCOc1ccc(Cl)cc1CNCCCn1ccnc1. The topological polar surface area (TPSA) is 39.1 Å². The molecule has 2 aromatic rings. The fourth-order valence-corrected chi connectivity index (χ4v) is 2.26. The standard InChI is InChI=1S/C16H22ClN3O/c1-2-10-21-16-5-4-15(17)11-14(16)12-18-6-3-8-20-9-7-19-13-20/h4-5,7,9,11,13,18H,2-3,6,8,10,12H2,1H3. The van der Waals surface area contributed by atoms with Gasteiger partial charge in [-0.25, -0.2) is 4.98 Å². The number of hydrogen-bond donors (Lipinski definition) is 1. The van der Waals surface area contributed by atoms with Gasteiger partial charge in [0.25, 0.3) is 0 Å². The van der Waals surface area contributed by atoms with E-state index in [0.717, 1.165) is 55.4 Å². The number of hydrogen-bond acceptors (Lipinski definition) is 3. The molecule has 0 amide bonds. The predicted octanol–water partition coefficient (Wildman–Crippen LogP) is 3.51. The molecule has 2 rings (SSSR count). The van der Waals surface area contributed by atoms with Crippen LogP contribution in [0.5, 0.6) is 5.75 Å². The Morgan fingerprint density at radius 3 is 3.05 bits per heavy atom. The lowest BCUT2D eigenvalue weighted by Gasteiger charge is -2.12. The van der Waals surface area contributed by atoms with Crippen LogP contribution in [0.3, 0.4) is 0 Å². The van der Waals surface area contributed by atoms with Crippen LogP contribution in [0.15, 0.2) is 36.9 Å². The molecule has 5 heteroatoms. The number of imidazole rings is 1. The highest BCUT2D eigenvalue weighted by Gasteiger charge is 2.04. The summed E-state index contributed by atoms with van der Waals surface area (Å²) in [7, 11) is 0. The predicted molar refractivity (Wildman–Crippen MR) is 85.8 cm³/mol.